The second-order valence-electron chi connectivity index (χ2n) is 6.22. The fourth-order valence-electron chi connectivity index (χ4n) is 2.96. The number of thioether (sulfide) groups is 1. The summed E-state index contributed by atoms with van der Waals surface area (Å²) < 4.78 is 0. The van der Waals surface area contributed by atoms with Crippen molar-refractivity contribution in [1.82, 2.24) is 9.97 Å². The molecule has 2 aromatic heterocycles. The number of nitrogens with one attached hydrogen (secondary N) is 1. The highest BCUT2D eigenvalue weighted by Gasteiger charge is 2.13. The van der Waals surface area contributed by atoms with Crippen LogP contribution >= 0.6 is 23.1 Å². The maximum Gasteiger partial charge on any atom is 0.234 e. The van der Waals surface area contributed by atoms with Crippen LogP contribution in [0.25, 0.3) is 20.7 Å². The van der Waals surface area contributed by atoms with Crippen LogP contribution in [-0.2, 0) is 11.2 Å². The smallest absolute Gasteiger partial charge is 0.234 e. The van der Waals surface area contributed by atoms with E-state index in [9.17, 15) is 4.79 Å². The number of carbonyl (C=O) groups excluding carboxylic acids is 1. The molecule has 0 bridgehead atoms. The molecule has 0 aliphatic carbocycles. The van der Waals surface area contributed by atoms with Gasteiger partial charge in [-0.25, -0.2) is 9.97 Å². The van der Waals surface area contributed by atoms with Gasteiger partial charge in [0.2, 0.25) is 5.91 Å². The van der Waals surface area contributed by atoms with Crippen molar-refractivity contribution in [2.45, 2.75) is 18.4 Å². The van der Waals surface area contributed by atoms with Crippen molar-refractivity contribution in [3.63, 3.8) is 0 Å². The van der Waals surface area contributed by atoms with Gasteiger partial charge in [0.05, 0.1) is 5.75 Å². The van der Waals surface area contributed by atoms with Crippen molar-refractivity contribution >= 4 is 44.9 Å². The Bertz CT molecular complexity index is 1110. The van der Waals surface area contributed by atoms with Crippen LogP contribution in [0.1, 0.15) is 12.5 Å². The van der Waals surface area contributed by atoms with Gasteiger partial charge in [-0.05, 0) is 29.7 Å². The van der Waals surface area contributed by atoms with Crippen molar-refractivity contribution in [3.05, 3.63) is 72.6 Å². The molecule has 0 saturated carbocycles. The summed E-state index contributed by atoms with van der Waals surface area (Å²) in [5.74, 6) is 0.275. The van der Waals surface area contributed by atoms with Gasteiger partial charge < -0.3 is 5.32 Å². The number of hydrogen-bond donors (Lipinski definition) is 1. The molecular formula is C22H19N3OS2. The summed E-state index contributed by atoms with van der Waals surface area (Å²) >= 11 is 3.08. The number of fused-ring (bicyclic) bond motifs is 1. The summed E-state index contributed by atoms with van der Waals surface area (Å²) in [6, 6.07) is 20.2. The summed E-state index contributed by atoms with van der Waals surface area (Å²) in [7, 11) is 0. The zero-order valence-corrected chi connectivity index (χ0v) is 17.0. The van der Waals surface area contributed by atoms with Gasteiger partial charge in [-0.15, -0.1) is 11.3 Å². The van der Waals surface area contributed by atoms with Crippen molar-refractivity contribution in [3.8, 4) is 10.4 Å². The molecule has 0 aliphatic heterocycles. The molecule has 1 amide bonds. The van der Waals surface area contributed by atoms with Crippen molar-refractivity contribution in [2.24, 2.45) is 0 Å². The van der Waals surface area contributed by atoms with Crippen LogP contribution in [0.2, 0.25) is 0 Å². The number of carbonyl (C=O) groups is 1. The minimum Gasteiger partial charge on any atom is -0.325 e. The molecule has 1 N–H and O–H groups in total. The zero-order valence-electron chi connectivity index (χ0n) is 15.4. The number of rotatable bonds is 6. The van der Waals surface area contributed by atoms with E-state index in [1.54, 1.807) is 17.7 Å². The van der Waals surface area contributed by atoms with Crippen LogP contribution < -0.4 is 5.32 Å². The Morgan fingerprint density at radius 1 is 1.07 bits per heavy atom. The van der Waals surface area contributed by atoms with Gasteiger partial charge in [0, 0.05) is 16.0 Å². The van der Waals surface area contributed by atoms with Crippen LogP contribution in [0.3, 0.4) is 0 Å². The minimum atomic E-state index is -0.0313. The molecule has 6 heteroatoms. The number of thiophene rings is 1. The van der Waals surface area contributed by atoms with E-state index in [1.165, 1.54) is 11.8 Å². The summed E-state index contributed by atoms with van der Waals surface area (Å²) in [6.45, 7) is 2.08. The summed E-state index contributed by atoms with van der Waals surface area (Å²) in [4.78, 5) is 23.3. The van der Waals surface area contributed by atoms with Crippen LogP contribution in [0.5, 0.6) is 0 Å². The first-order valence-electron chi connectivity index (χ1n) is 9.05. The van der Waals surface area contributed by atoms with E-state index in [4.69, 9.17) is 0 Å². The average molecular weight is 406 g/mol. The third kappa shape index (κ3) is 4.08. The fraction of sp³-hybridized carbons (Fsp3) is 0.136. The lowest BCUT2D eigenvalue weighted by Crippen LogP contribution is -2.15. The Morgan fingerprint density at radius 3 is 2.68 bits per heavy atom. The van der Waals surface area contributed by atoms with E-state index < -0.39 is 0 Å². The van der Waals surface area contributed by atoms with Crippen molar-refractivity contribution < 1.29 is 4.79 Å². The largest absolute Gasteiger partial charge is 0.325 e. The SMILES string of the molecule is CCc1ccccc1NC(=O)CSc1ncnc2sc(-c3ccccc3)cc12. The third-order valence-corrected chi connectivity index (χ3v) is 6.46. The first-order valence-corrected chi connectivity index (χ1v) is 10.9. The summed E-state index contributed by atoms with van der Waals surface area (Å²) in [6.07, 6.45) is 2.45. The standard InChI is InChI=1S/C22H19N3OS2/c1-2-15-8-6-7-11-18(15)25-20(26)13-27-21-17-12-19(16-9-4-3-5-10-16)28-22(17)24-14-23-21/h3-12,14H,2,13H2,1H3,(H,25,26). The number of aryl methyl sites for hydroxylation is 1. The van der Waals surface area contributed by atoms with E-state index >= 15 is 0 Å². The molecule has 2 aromatic carbocycles. The molecule has 4 aromatic rings. The Kier molecular flexibility index (Phi) is 5.69. The van der Waals surface area contributed by atoms with Crippen LogP contribution in [0, 0.1) is 0 Å². The molecule has 4 nitrogen and oxygen atoms in total. The molecule has 2 heterocycles. The number of para-hydroxylation sites is 1. The molecular weight excluding hydrogens is 386 g/mol. The monoisotopic (exact) mass is 405 g/mol. The highest BCUT2D eigenvalue weighted by Crippen LogP contribution is 2.36. The third-order valence-electron chi connectivity index (χ3n) is 4.36. The molecule has 4 rings (SSSR count). The average Bonchev–Trinajstić information content (AvgIpc) is 3.18. The highest BCUT2D eigenvalue weighted by molar-refractivity contribution is 8.00. The number of anilines is 1. The first-order chi connectivity index (χ1) is 13.7. The molecule has 0 fully saturated rings. The second-order valence-corrected chi connectivity index (χ2v) is 8.22. The quantitative estimate of drug-likeness (QED) is 0.333. The molecule has 0 atom stereocenters. The van der Waals surface area contributed by atoms with Crippen molar-refractivity contribution in [1.29, 1.82) is 0 Å². The predicted octanol–water partition coefficient (Wildman–Crippen LogP) is 5.65. The van der Waals surface area contributed by atoms with Crippen LogP contribution in [-0.4, -0.2) is 21.6 Å². The van der Waals surface area contributed by atoms with Crippen LogP contribution in [0.4, 0.5) is 5.69 Å². The number of amides is 1. The van der Waals surface area contributed by atoms with Crippen molar-refractivity contribution in [2.75, 3.05) is 11.1 Å². The topological polar surface area (TPSA) is 54.9 Å². The summed E-state index contributed by atoms with van der Waals surface area (Å²) in [5, 5.41) is 4.84. The summed E-state index contributed by atoms with van der Waals surface area (Å²) in [5.41, 5.74) is 3.18. The number of nitrogens with zero attached hydrogens (tertiary/aromatic N) is 2. The van der Waals surface area contributed by atoms with Gasteiger partial charge in [-0.2, -0.15) is 0 Å². The molecule has 0 aliphatic rings. The Balaban J connectivity index is 1.50. The molecule has 140 valence electrons. The predicted molar refractivity (Wildman–Crippen MR) is 118 cm³/mol. The lowest BCUT2D eigenvalue weighted by Gasteiger charge is -2.09. The lowest BCUT2D eigenvalue weighted by molar-refractivity contribution is -0.113. The molecule has 0 saturated heterocycles. The number of benzene rings is 2. The van der Waals surface area contributed by atoms with E-state index in [0.29, 0.717) is 5.75 Å². The van der Waals surface area contributed by atoms with Gasteiger partial charge in [0.1, 0.15) is 16.2 Å². The number of hydrogen-bond acceptors (Lipinski definition) is 5. The maximum absolute atomic E-state index is 12.4. The second kappa shape index (κ2) is 8.54. The highest BCUT2D eigenvalue weighted by atomic mass is 32.2. The maximum atomic E-state index is 12.4. The normalized spacial score (nSPS) is 10.9. The Hall–Kier alpha value is -2.70. The van der Waals surface area contributed by atoms with Gasteiger partial charge in [0.15, 0.2) is 0 Å². The van der Waals surface area contributed by atoms with E-state index in [-0.39, 0.29) is 5.91 Å². The molecule has 0 spiro atoms. The lowest BCUT2D eigenvalue weighted by atomic mass is 10.1. The Labute approximate surface area is 172 Å². The van der Waals surface area contributed by atoms with Crippen LogP contribution in [0.15, 0.2) is 72.0 Å². The van der Waals surface area contributed by atoms with Gasteiger partial charge in [-0.3, -0.25) is 4.79 Å². The van der Waals surface area contributed by atoms with E-state index in [0.717, 1.165) is 43.4 Å². The molecule has 0 unspecified atom stereocenters. The first kappa shape index (κ1) is 18.7. The zero-order chi connectivity index (χ0) is 19.3. The Morgan fingerprint density at radius 2 is 1.86 bits per heavy atom. The van der Waals surface area contributed by atoms with Gasteiger partial charge in [0.25, 0.3) is 0 Å². The molecule has 28 heavy (non-hydrogen) atoms. The van der Waals surface area contributed by atoms with E-state index in [2.05, 4.69) is 40.4 Å². The fourth-order valence-corrected chi connectivity index (χ4v) is 4.81. The molecule has 0 radical (unpaired) electrons. The number of aromatic nitrogens is 2. The van der Waals surface area contributed by atoms with Gasteiger partial charge in [-0.1, -0.05) is 67.2 Å². The van der Waals surface area contributed by atoms with Gasteiger partial charge >= 0.3 is 0 Å². The van der Waals surface area contributed by atoms with E-state index in [1.807, 2.05) is 42.5 Å². The minimum absolute atomic E-state index is 0.0313.